The summed E-state index contributed by atoms with van der Waals surface area (Å²) < 4.78 is 25.6. The smallest absolute Gasteiger partial charge is 0.306 e. The Labute approximate surface area is 231 Å². The summed E-state index contributed by atoms with van der Waals surface area (Å²) in [5.74, 6) is -1.15. The largest absolute Gasteiger partial charge is 0.463 e. The van der Waals surface area contributed by atoms with Gasteiger partial charge in [0.1, 0.15) is 24.9 Å². The lowest BCUT2D eigenvalue weighted by Gasteiger charge is -2.47. The summed E-state index contributed by atoms with van der Waals surface area (Å²) in [5.41, 5.74) is 0. The molecule has 13 nitrogen and oxygen atoms in total. The Morgan fingerprint density at radius 1 is 1.08 bits per heavy atom. The van der Waals surface area contributed by atoms with Crippen molar-refractivity contribution in [1.29, 1.82) is 0 Å². The number of nitrogens with one attached hydrogen (secondary N) is 1. The monoisotopic (exact) mass is 567 g/mol. The Morgan fingerprint density at radius 3 is 2.21 bits per heavy atom. The molecule has 6 unspecified atom stereocenters. The molecule has 13 heteroatoms. The molecule has 0 spiro atoms. The topological polar surface area (TPSA) is 190 Å². The summed E-state index contributed by atoms with van der Waals surface area (Å²) in [6, 6.07) is -1.21. The number of carbonyl (C=O) groups is 3. The summed E-state index contributed by atoms with van der Waals surface area (Å²) in [4.78, 5) is 35.0. The second kappa shape index (κ2) is 20.1. The minimum absolute atomic E-state index is 0.0164. The third-order valence-corrected chi connectivity index (χ3v) is 6.50. The molecule has 0 aromatic heterocycles. The van der Waals surface area contributed by atoms with Crippen LogP contribution in [0.5, 0.6) is 0 Å². The van der Waals surface area contributed by atoms with Crippen LogP contribution < -0.4 is 5.32 Å². The van der Waals surface area contributed by atoms with Crippen LogP contribution in [0.15, 0.2) is 0 Å². The number of carbonyl (C=O) groups excluding carboxylic acids is 3. The third kappa shape index (κ3) is 14.4. The van der Waals surface area contributed by atoms with E-state index in [1.54, 1.807) is 6.92 Å². The first-order chi connectivity index (χ1) is 18.4. The molecule has 6 atom stereocenters. The SMILES string of the molecule is CC(C)C(C)C.CCC1(OC=O)CC(O)C(NC(=O)CCC(=O)OCCOCCOC)C(C(O)C(O)CO)O1. The molecule has 1 heterocycles. The summed E-state index contributed by atoms with van der Waals surface area (Å²) in [6.07, 6.45) is -6.74. The molecule has 0 aliphatic carbocycles. The van der Waals surface area contributed by atoms with E-state index in [1.165, 1.54) is 7.11 Å². The van der Waals surface area contributed by atoms with Crippen molar-refractivity contribution in [2.45, 2.75) is 96.5 Å². The average molecular weight is 568 g/mol. The highest BCUT2D eigenvalue weighted by Gasteiger charge is 2.51. The predicted octanol–water partition coefficient (Wildman–Crippen LogP) is -0.101. The van der Waals surface area contributed by atoms with E-state index in [1.807, 2.05) is 0 Å². The first-order valence-electron chi connectivity index (χ1n) is 13.3. The van der Waals surface area contributed by atoms with Gasteiger partial charge in [0.2, 0.25) is 11.7 Å². The van der Waals surface area contributed by atoms with Gasteiger partial charge in [-0.25, -0.2) is 0 Å². The van der Waals surface area contributed by atoms with Crippen molar-refractivity contribution in [3.63, 3.8) is 0 Å². The number of aliphatic hydroxyl groups is 4. The van der Waals surface area contributed by atoms with Gasteiger partial charge < -0.3 is 49.4 Å². The quantitative estimate of drug-likeness (QED) is 0.0892. The van der Waals surface area contributed by atoms with E-state index in [2.05, 4.69) is 33.0 Å². The first kappa shape index (κ1) is 37.1. The number of ether oxygens (including phenoxy) is 5. The minimum Gasteiger partial charge on any atom is -0.463 e. The van der Waals surface area contributed by atoms with Crippen molar-refractivity contribution in [1.82, 2.24) is 5.32 Å². The molecule has 0 bridgehead atoms. The van der Waals surface area contributed by atoms with Crippen LogP contribution in [-0.2, 0) is 38.1 Å². The number of hydrogen-bond acceptors (Lipinski definition) is 12. The van der Waals surface area contributed by atoms with Crippen LogP contribution >= 0.6 is 0 Å². The van der Waals surface area contributed by atoms with Gasteiger partial charge in [-0.15, -0.1) is 0 Å². The number of esters is 1. The van der Waals surface area contributed by atoms with Crippen LogP contribution in [0.3, 0.4) is 0 Å². The van der Waals surface area contributed by atoms with Crippen LogP contribution in [0.25, 0.3) is 0 Å². The maximum atomic E-state index is 12.4. The van der Waals surface area contributed by atoms with Crippen LogP contribution in [-0.4, -0.2) is 115 Å². The van der Waals surface area contributed by atoms with Gasteiger partial charge in [-0.1, -0.05) is 34.6 Å². The van der Waals surface area contributed by atoms with Crippen LogP contribution in [0.2, 0.25) is 0 Å². The molecule has 1 saturated heterocycles. The van der Waals surface area contributed by atoms with Crippen molar-refractivity contribution in [3.8, 4) is 0 Å². The Morgan fingerprint density at radius 2 is 1.69 bits per heavy atom. The highest BCUT2D eigenvalue weighted by atomic mass is 16.7. The lowest BCUT2D eigenvalue weighted by atomic mass is 9.87. The normalized spacial score (nSPS) is 24.4. The minimum atomic E-state index is -1.72. The summed E-state index contributed by atoms with van der Waals surface area (Å²) in [7, 11) is 1.53. The van der Waals surface area contributed by atoms with Crippen molar-refractivity contribution < 1.29 is 58.5 Å². The number of aliphatic hydroxyl groups excluding tert-OH is 4. The zero-order valence-corrected chi connectivity index (χ0v) is 24.0. The molecule has 1 rings (SSSR count). The lowest BCUT2D eigenvalue weighted by Crippen LogP contribution is -2.66. The average Bonchev–Trinajstić information content (AvgIpc) is 2.90. The van der Waals surface area contributed by atoms with E-state index >= 15 is 0 Å². The molecule has 5 N–H and O–H groups in total. The third-order valence-electron chi connectivity index (χ3n) is 6.50. The van der Waals surface area contributed by atoms with Gasteiger partial charge in [-0.2, -0.15) is 0 Å². The molecule has 0 radical (unpaired) electrons. The van der Waals surface area contributed by atoms with Gasteiger partial charge in [-0.3, -0.25) is 14.4 Å². The molecule has 39 heavy (non-hydrogen) atoms. The number of hydrogen-bond donors (Lipinski definition) is 5. The Balaban J connectivity index is 0.00000215. The summed E-state index contributed by atoms with van der Waals surface area (Å²) >= 11 is 0. The van der Waals surface area contributed by atoms with E-state index in [-0.39, 0.29) is 45.4 Å². The van der Waals surface area contributed by atoms with Crippen LogP contribution in [0.4, 0.5) is 0 Å². The fourth-order valence-electron chi connectivity index (χ4n) is 3.30. The van der Waals surface area contributed by atoms with Crippen LogP contribution in [0, 0.1) is 11.8 Å². The Kier molecular flexibility index (Phi) is 19.1. The molecular formula is C26H49NO12. The lowest BCUT2D eigenvalue weighted by molar-refractivity contribution is -0.303. The van der Waals surface area contributed by atoms with Crippen molar-refractivity contribution in [2.75, 3.05) is 40.1 Å². The number of amides is 1. The molecule has 0 aromatic carbocycles. The molecular weight excluding hydrogens is 518 g/mol. The fraction of sp³-hybridized carbons (Fsp3) is 0.885. The van der Waals surface area contributed by atoms with E-state index in [0.717, 1.165) is 11.8 Å². The van der Waals surface area contributed by atoms with Gasteiger partial charge in [0.15, 0.2) is 0 Å². The number of rotatable bonds is 17. The predicted molar refractivity (Wildman–Crippen MR) is 139 cm³/mol. The van der Waals surface area contributed by atoms with E-state index in [4.69, 9.17) is 28.8 Å². The molecule has 0 saturated carbocycles. The zero-order valence-electron chi connectivity index (χ0n) is 24.0. The van der Waals surface area contributed by atoms with E-state index in [0.29, 0.717) is 13.2 Å². The molecule has 0 aromatic rings. The zero-order chi connectivity index (χ0) is 30.0. The molecule has 1 aliphatic heterocycles. The highest BCUT2D eigenvalue weighted by molar-refractivity contribution is 5.81. The molecule has 1 fully saturated rings. The van der Waals surface area contributed by atoms with Gasteiger partial charge in [0, 0.05) is 26.4 Å². The van der Waals surface area contributed by atoms with Gasteiger partial charge in [-0.05, 0) is 11.8 Å². The fourth-order valence-corrected chi connectivity index (χ4v) is 3.30. The summed E-state index contributed by atoms with van der Waals surface area (Å²) in [6.45, 7) is 10.9. The Hall–Kier alpha value is -1.87. The molecule has 1 amide bonds. The highest BCUT2D eigenvalue weighted by Crippen LogP contribution is 2.35. The molecule has 1 aliphatic rings. The van der Waals surface area contributed by atoms with E-state index in [9.17, 15) is 29.7 Å². The van der Waals surface area contributed by atoms with Crippen molar-refractivity contribution in [3.05, 3.63) is 0 Å². The van der Waals surface area contributed by atoms with Crippen molar-refractivity contribution in [2.24, 2.45) is 11.8 Å². The second-order valence-corrected chi connectivity index (χ2v) is 9.98. The van der Waals surface area contributed by atoms with Crippen LogP contribution in [0.1, 0.15) is 60.3 Å². The van der Waals surface area contributed by atoms with Gasteiger partial charge in [0.25, 0.3) is 6.47 Å². The Bertz CT molecular complexity index is 686. The maximum Gasteiger partial charge on any atom is 0.306 e. The standard InChI is InChI=1S/C20H35NO12.C6H14/c1-3-20(32-12-23)10-13(24)17(19(33-20)18(28)14(25)11-22)21-15(26)4-5-16(27)31-9-8-30-7-6-29-2;1-5(2)6(3)4/h12-14,17-19,22,24-25,28H,3-11H2,1-2H3,(H,21,26);5-6H,1-4H3. The summed E-state index contributed by atoms with van der Waals surface area (Å²) in [5, 5.41) is 42.5. The molecule has 230 valence electrons. The second-order valence-electron chi connectivity index (χ2n) is 9.98. The van der Waals surface area contributed by atoms with E-state index < -0.39 is 54.7 Å². The van der Waals surface area contributed by atoms with Gasteiger partial charge in [0.05, 0.1) is 45.0 Å². The number of methoxy groups -OCH3 is 1. The maximum absolute atomic E-state index is 12.4. The van der Waals surface area contributed by atoms with Gasteiger partial charge >= 0.3 is 5.97 Å². The first-order valence-corrected chi connectivity index (χ1v) is 13.3. The van der Waals surface area contributed by atoms with Crippen molar-refractivity contribution >= 4 is 18.3 Å².